The van der Waals surface area contributed by atoms with Crippen LogP contribution in [0.15, 0.2) is 12.1 Å². The summed E-state index contributed by atoms with van der Waals surface area (Å²) in [5, 5.41) is 3.44. The average molecular weight is 300 g/mol. The molecule has 1 aliphatic rings. The molecule has 1 saturated heterocycles. The largest absolute Gasteiger partial charge is 0.361 e. The van der Waals surface area contributed by atoms with Crippen LogP contribution in [-0.4, -0.2) is 25.2 Å². The fourth-order valence-electron chi connectivity index (χ4n) is 2.90. The number of anilines is 1. The Morgan fingerprint density at radius 3 is 2.10 bits per heavy atom. The highest BCUT2D eigenvalue weighted by molar-refractivity contribution is 5.51. The summed E-state index contributed by atoms with van der Waals surface area (Å²) in [5.41, 5.74) is -0.109. The maximum Gasteiger partial charge on any atom is 0.152 e. The van der Waals surface area contributed by atoms with Gasteiger partial charge in [0.1, 0.15) is 11.5 Å². The molecule has 1 heterocycles. The molecule has 21 heavy (non-hydrogen) atoms. The maximum absolute atomic E-state index is 14.1. The zero-order valence-electron chi connectivity index (χ0n) is 13.0. The molecule has 1 aromatic carbocycles. The third-order valence-electron chi connectivity index (χ3n) is 4.23. The smallest absolute Gasteiger partial charge is 0.152 e. The number of nitrogens with zero attached hydrogens (tertiary/aromatic N) is 1. The normalized spacial score (nSPS) is 23.2. The predicted octanol–water partition coefficient (Wildman–Crippen LogP) is 3.56. The SMILES string of the molecule is CC(C)C1CN(c2c(F)cc(F)cc2F)C(C(C)C)CN1. The second kappa shape index (κ2) is 6.26. The number of benzene rings is 1. The third kappa shape index (κ3) is 3.34. The Bertz CT molecular complexity index is 479. The van der Waals surface area contributed by atoms with Crippen molar-refractivity contribution >= 4 is 5.69 Å². The molecule has 0 saturated carbocycles. The van der Waals surface area contributed by atoms with Gasteiger partial charge in [-0.05, 0) is 11.8 Å². The molecule has 1 N–H and O–H groups in total. The lowest BCUT2D eigenvalue weighted by Gasteiger charge is -2.45. The monoisotopic (exact) mass is 300 g/mol. The minimum absolute atomic E-state index is 0.0190. The van der Waals surface area contributed by atoms with E-state index in [4.69, 9.17) is 0 Å². The minimum Gasteiger partial charge on any atom is -0.361 e. The molecule has 1 fully saturated rings. The van der Waals surface area contributed by atoms with E-state index in [9.17, 15) is 13.2 Å². The van der Waals surface area contributed by atoms with Crippen molar-refractivity contribution in [3.63, 3.8) is 0 Å². The molecule has 2 atom stereocenters. The Balaban J connectivity index is 2.40. The molecule has 2 unspecified atom stereocenters. The summed E-state index contributed by atoms with van der Waals surface area (Å²) in [4.78, 5) is 1.76. The van der Waals surface area contributed by atoms with E-state index in [0.717, 1.165) is 12.1 Å². The van der Waals surface area contributed by atoms with Crippen molar-refractivity contribution in [1.29, 1.82) is 0 Å². The van der Waals surface area contributed by atoms with E-state index in [1.165, 1.54) is 0 Å². The molecular formula is C16H23F3N2. The van der Waals surface area contributed by atoms with E-state index in [0.29, 0.717) is 19.0 Å². The molecule has 5 heteroatoms. The fraction of sp³-hybridized carbons (Fsp3) is 0.625. The van der Waals surface area contributed by atoms with Crippen molar-refractivity contribution in [1.82, 2.24) is 5.32 Å². The van der Waals surface area contributed by atoms with Crippen LogP contribution in [0.3, 0.4) is 0 Å². The molecular weight excluding hydrogens is 277 g/mol. The Morgan fingerprint density at radius 2 is 1.62 bits per heavy atom. The summed E-state index contributed by atoms with van der Waals surface area (Å²) in [6.07, 6.45) is 0. The second-order valence-corrected chi connectivity index (χ2v) is 6.44. The van der Waals surface area contributed by atoms with Crippen LogP contribution in [0.2, 0.25) is 0 Å². The van der Waals surface area contributed by atoms with Crippen molar-refractivity contribution in [2.45, 2.75) is 39.8 Å². The van der Waals surface area contributed by atoms with Gasteiger partial charge in [0.05, 0.1) is 0 Å². The van der Waals surface area contributed by atoms with Gasteiger partial charge < -0.3 is 10.2 Å². The summed E-state index contributed by atoms with van der Waals surface area (Å²) in [5.74, 6) is -1.96. The lowest BCUT2D eigenvalue weighted by Crippen LogP contribution is -2.60. The summed E-state index contributed by atoms with van der Waals surface area (Å²) in [7, 11) is 0. The lowest BCUT2D eigenvalue weighted by atomic mass is 9.93. The van der Waals surface area contributed by atoms with Crippen LogP contribution in [0, 0.1) is 29.3 Å². The van der Waals surface area contributed by atoms with Crippen LogP contribution in [-0.2, 0) is 0 Å². The molecule has 1 aliphatic heterocycles. The van der Waals surface area contributed by atoms with Crippen LogP contribution in [0.5, 0.6) is 0 Å². The highest BCUT2D eigenvalue weighted by atomic mass is 19.1. The number of piperazine rings is 1. The highest BCUT2D eigenvalue weighted by Crippen LogP contribution is 2.30. The van der Waals surface area contributed by atoms with E-state index >= 15 is 0 Å². The zero-order valence-corrected chi connectivity index (χ0v) is 13.0. The van der Waals surface area contributed by atoms with Gasteiger partial charge in [-0.15, -0.1) is 0 Å². The van der Waals surface area contributed by atoms with Gasteiger partial charge in [0.15, 0.2) is 11.6 Å². The van der Waals surface area contributed by atoms with Crippen LogP contribution in [0.25, 0.3) is 0 Å². The van der Waals surface area contributed by atoms with Gasteiger partial charge in [-0.2, -0.15) is 0 Å². The molecule has 0 radical (unpaired) electrons. The van der Waals surface area contributed by atoms with E-state index in [1.807, 2.05) is 13.8 Å². The first kappa shape index (κ1) is 16.1. The van der Waals surface area contributed by atoms with E-state index in [2.05, 4.69) is 19.2 Å². The number of hydrogen-bond acceptors (Lipinski definition) is 2. The Labute approximate surface area is 124 Å². The van der Waals surface area contributed by atoms with E-state index in [1.54, 1.807) is 4.90 Å². The number of rotatable bonds is 3. The van der Waals surface area contributed by atoms with Crippen molar-refractivity contribution in [2.75, 3.05) is 18.0 Å². The van der Waals surface area contributed by atoms with Gasteiger partial charge >= 0.3 is 0 Å². The van der Waals surface area contributed by atoms with Gasteiger partial charge in [-0.25, -0.2) is 13.2 Å². The second-order valence-electron chi connectivity index (χ2n) is 6.44. The molecule has 2 nitrogen and oxygen atoms in total. The lowest BCUT2D eigenvalue weighted by molar-refractivity contribution is 0.291. The molecule has 0 aromatic heterocycles. The maximum atomic E-state index is 14.1. The van der Waals surface area contributed by atoms with Crippen LogP contribution >= 0.6 is 0 Å². The van der Waals surface area contributed by atoms with E-state index < -0.39 is 17.5 Å². The first-order chi connectivity index (χ1) is 9.81. The highest BCUT2D eigenvalue weighted by Gasteiger charge is 2.34. The molecule has 0 aliphatic carbocycles. The van der Waals surface area contributed by atoms with Gasteiger partial charge in [0, 0.05) is 37.3 Å². The third-order valence-corrected chi connectivity index (χ3v) is 4.23. The number of hydrogen-bond donors (Lipinski definition) is 1. The van der Waals surface area contributed by atoms with Crippen molar-refractivity contribution < 1.29 is 13.2 Å². The molecule has 0 spiro atoms. The van der Waals surface area contributed by atoms with E-state index in [-0.39, 0.29) is 23.7 Å². The Hall–Kier alpha value is -1.23. The topological polar surface area (TPSA) is 15.3 Å². The minimum atomic E-state index is -0.884. The first-order valence-electron chi connectivity index (χ1n) is 7.45. The standard InChI is InChI=1S/C16H23F3N2/c1-9(2)14-8-21(15(7-20-14)10(3)4)16-12(18)5-11(17)6-13(16)19/h5-6,9-10,14-15,20H,7-8H2,1-4H3. The quantitative estimate of drug-likeness (QED) is 0.918. The number of halogens is 3. The van der Waals surface area contributed by atoms with Gasteiger partial charge in [0.2, 0.25) is 0 Å². The van der Waals surface area contributed by atoms with Crippen LogP contribution < -0.4 is 10.2 Å². The summed E-state index contributed by atoms with van der Waals surface area (Å²) in [6.45, 7) is 9.37. The molecule has 0 amide bonds. The number of nitrogens with one attached hydrogen (secondary N) is 1. The molecule has 2 rings (SSSR count). The van der Waals surface area contributed by atoms with Gasteiger partial charge in [-0.1, -0.05) is 27.7 Å². The molecule has 1 aromatic rings. The van der Waals surface area contributed by atoms with Gasteiger partial charge in [-0.3, -0.25) is 0 Å². The Morgan fingerprint density at radius 1 is 1.05 bits per heavy atom. The summed E-state index contributed by atoms with van der Waals surface area (Å²) < 4.78 is 41.4. The predicted molar refractivity (Wildman–Crippen MR) is 78.9 cm³/mol. The van der Waals surface area contributed by atoms with Crippen LogP contribution in [0.4, 0.5) is 18.9 Å². The van der Waals surface area contributed by atoms with Crippen molar-refractivity contribution in [2.24, 2.45) is 11.8 Å². The first-order valence-corrected chi connectivity index (χ1v) is 7.45. The molecule has 0 bridgehead atoms. The van der Waals surface area contributed by atoms with Crippen LogP contribution in [0.1, 0.15) is 27.7 Å². The summed E-state index contributed by atoms with van der Waals surface area (Å²) >= 11 is 0. The Kier molecular flexibility index (Phi) is 4.81. The average Bonchev–Trinajstić information content (AvgIpc) is 2.36. The van der Waals surface area contributed by atoms with Crippen molar-refractivity contribution in [3.05, 3.63) is 29.6 Å². The summed E-state index contributed by atoms with van der Waals surface area (Å²) in [6, 6.07) is 1.64. The van der Waals surface area contributed by atoms with Crippen molar-refractivity contribution in [3.8, 4) is 0 Å². The molecule has 118 valence electrons. The fourth-order valence-corrected chi connectivity index (χ4v) is 2.90. The van der Waals surface area contributed by atoms with Gasteiger partial charge in [0.25, 0.3) is 0 Å². The zero-order chi connectivity index (χ0) is 15.7.